The first kappa shape index (κ1) is 22.2. The van der Waals surface area contributed by atoms with Crippen LogP contribution in [0, 0.1) is 10.1 Å². The molecule has 1 saturated carbocycles. The molecule has 1 heterocycles. The molecule has 2 aromatic rings. The number of halogens is 1. The average Bonchev–Trinajstić information content (AvgIpc) is 2.62. The van der Waals surface area contributed by atoms with Gasteiger partial charge in [0, 0.05) is 22.0 Å². The SMILES string of the molecule is CC(C)(C)[Si](C)(C)OC1CCC(Nc2c([N+](=O)[O-])cnc3ccc(Br)cc23)CC1. The highest BCUT2D eigenvalue weighted by Gasteiger charge is 2.40. The molecule has 0 aliphatic heterocycles. The largest absolute Gasteiger partial charge is 0.414 e. The van der Waals surface area contributed by atoms with Gasteiger partial charge >= 0.3 is 5.69 Å². The molecule has 158 valence electrons. The van der Waals surface area contributed by atoms with E-state index in [0.29, 0.717) is 5.69 Å². The fourth-order valence-electron chi connectivity index (χ4n) is 3.57. The van der Waals surface area contributed by atoms with E-state index in [1.165, 1.54) is 6.20 Å². The zero-order chi connectivity index (χ0) is 21.4. The summed E-state index contributed by atoms with van der Waals surface area (Å²) in [6.45, 7) is 11.4. The maximum absolute atomic E-state index is 11.6. The maximum atomic E-state index is 11.6. The molecule has 6 nitrogen and oxygen atoms in total. The van der Waals surface area contributed by atoms with Crippen LogP contribution in [0.3, 0.4) is 0 Å². The van der Waals surface area contributed by atoms with Crippen molar-refractivity contribution in [2.45, 2.75) is 76.7 Å². The van der Waals surface area contributed by atoms with Crippen LogP contribution in [-0.4, -0.2) is 30.4 Å². The number of pyridine rings is 1. The Bertz CT molecular complexity index is 906. The van der Waals surface area contributed by atoms with Crippen molar-refractivity contribution >= 4 is 46.5 Å². The standard InChI is InChI=1S/C21H30BrN3O3Si/c1-21(2,3)29(4,5)28-16-9-7-15(8-10-16)24-20-17-12-14(22)6-11-18(17)23-13-19(20)25(26)27/h6,11-13,15-16H,7-10H2,1-5H3,(H,23,24). The minimum absolute atomic E-state index is 0.0234. The van der Waals surface area contributed by atoms with Crippen molar-refractivity contribution in [3.63, 3.8) is 0 Å². The van der Waals surface area contributed by atoms with Crippen LogP contribution < -0.4 is 5.32 Å². The summed E-state index contributed by atoms with van der Waals surface area (Å²) >= 11 is 3.47. The second kappa shape index (κ2) is 8.32. The van der Waals surface area contributed by atoms with E-state index >= 15 is 0 Å². The van der Waals surface area contributed by atoms with Crippen LogP contribution in [0.1, 0.15) is 46.5 Å². The van der Waals surface area contributed by atoms with E-state index in [2.05, 4.69) is 60.1 Å². The van der Waals surface area contributed by atoms with Gasteiger partial charge in [-0.3, -0.25) is 10.1 Å². The zero-order valence-corrected chi connectivity index (χ0v) is 20.4. The molecule has 1 aromatic carbocycles. The molecule has 0 bridgehead atoms. The molecule has 0 atom stereocenters. The number of nitrogens with one attached hydrogen (secondary N) is 1. The summed E-state index contributed by atoms with van der Waals surface area (Å²) in [7, 11) is -1.78. The third-order valence-corrected chi connectivity index (χ3v) is 11.3. The zero-order valence-electron chi connectivity index (χ0n) is 17.8. The Morgan fingerprint density at radius 2 is 1.90 bits per heavy atom. The van der Waals surface area contributed by atoms with Crippen molar-refractivity contribution in [2.24, 2.45) is 0 Å². The van der Waals surface area contributed by atoms with Crippen molar-refractivity contribution in [1.82, 2.24) is 4.98 Å². The summed E-state index contributed by atoms with van der Waals surface area (Å²) < 4.78 is 7.45. The topological polar surface area (TPSA) is 77.3 Å². The second-order valence-electron chi connectivity index (χ2n) is 9.43. The third-order valence-electron chi connectivity index (χ3n) is 6.30. The Balaban J connectivity index is 1.75. The van der Waals surface area contributed by atoms with Crippen LogP contribution >= 0.6 is 15.9 Å². The van der Waals surface area contributed by atoms with Crippen LogP contribution in [0.4, 0.5) is 11.4 Å². The predicted molar refractivity (Wildman–Crippen MR) is 124 cm³/mol. The minimum Gasteiger partial charge on any atom is -0.414 e. The first-order valence-corrected chi connectivity index (χ1v) is 13.8. The second-order valence-corrected chi connectivity index (χ2v) is 15.1. The maximum Gasteiger partial charge on any atom is 0.311 e. The van der Waals surface area contributed by atoms with E-state index in [1.807, 2.05) is 18.2 Å². The van der Waals surface area contributed by atoms with Gasteiger partial charge in [-0.15, -0.1) is 0 Å². The van der Waals surface area contributed by atoms with Crippen molar-refractivity contribution in [2.75, 3.05) is 5.32 Å². The highest BCUT2D eigenvalue weighted by molar-refractivity contribution is 9.10. The third kappa shape index (κ3) is 4.98. The lowest BCUT2D eigenvalue weighted by atomic mass is 9.93. The van der Waals surface area contributed by atoms with Crippen LogP contribution in [0.2, 0.25) is 18.1 Å². The number of fused-ring (bicyclic) bond motifs is 1. The van der Waals surface area contributed by atoms with Crippen molar-refractivity contribution in [1.29, 1.82) is 0 Å². The van der Waals surface area contributed by atoms with E-state index in [4.69, 9.17) is 4.43 Å². The monoisotopic (exact) mass is 479 g/mol. The van der Waals surface area contributed by atoms with Gasteiger partial charge < -0.3 is 9.74 Å². The molecule has 0 spiro atoms. The van der Waals surface area contributed by atoms with Crippen LogP contribution in [0.15, 0.2) is 28.9 Å². The number of nitrogens with zero attached hydrogens (tertiary/aromatic N) is 2. The number of anilines is 1. The van der Waals surface area contributed by atoms with Gasteiger partial charge in [-0.25, -0.2) is 4.98 Å². The number of rotatable bonds is 5. The molecule has 1 fully saturated rings. The van der Waals surface area contributed by atoms with Gasteiger partial charge in [0.05, 0.1) is 10.4 Å². The summed E-state index contributed by atoms with van der Waals surface area (Å²) in [6.07, 6.45) is 5.47. The predicted octanol–water partition coefficient (Wildman–Crippen LogP) is 6.65. The molecule has 1 aromatic heterocycles. The van der Waals surface area contributed by atoms with Gasteiger partial charge in [-0.2, -0.15) is 0 Å². The number of nitro groups is 1. The lowest BCUT2D eigenvalue weighted by molar-refractivity contribution is -0.384. The Labute approximate surface area is 181 Å². The highest BCUT2D eigenvalue weighted by atomic mass is 79.9. The summed E-state index contributed by atoms with van der Waals surface area (Å²) in [4.78, 5) is 15.5. The van der Waals surface area contributed by atoms with Gasteiger partial charge in [0.25, 0.3) is 0 Å². The molecule has 1 N–H and O–H groups in total. The van der Waals surface area contributed by atoms with Crippen LogP contribution in [0.5, 0.6) is 0 Å². The van der Waals surface area contributed by atoms with E-state index in [0.717, 1.165) is 41.1 Å². The highest BCUT2D eigenvalue weighted by Crippen LogP contribution is 2.40. The molecule has 29 heavy (non-hydrogen) atoms. The number of hydrogen-bond donors (Lipinski definition) is 1. The molecule has 0 unspecified atom stereocenters. The average molecular weight is 480 g/mol. The van der Waals surface area contributed by atoms with Crippen molar-refractivity contribution < 1.29 is 9.35 Å². The fourth-order valence-corrected chi connectivity index (χ4v) is 5.35. The van der Waals surface area contributed by atoms with Gasteiger partial charge in [0.2, 0.25) is 0 Å². The summed E-state index contributed by atoms with van der Waals surface area (Å²) in [5.41, 5.74) is 1.33. The van der Waals surface area contributed by atoms with Gasteiger partial charge in [-0.05, 0) is 62.0 Å². The van der Waals surface area contributed by atoms with Gasteiger partial charge in [-0.1, -0.05) is 36.7 Å². The molecular weight excluding hydrogens is 450 g/mol. The Morgan fingerprint density at radius 1 is 1.24 bits per heavy atom. The molecule has 0 radical (unpaired) electrons. The molecule has 0 amide bonds. The summed E-state index contributed by atoms with van der Waals surface area (Å²) in [5.74, 6) is 0. The van der Waals surface area contributed by atoms with Crippen LogP contribution in [0.25, 0.3) is 10.9 Å². The molecular formula is C21H30BrN3O3Si. The first-order valence-electron chi connectivity index (χ1n) is 10.1. The lowest BCUT2D eigenvalue weighted by Crippen LogP contribution is -2.45. The molecule has 8 heteroatoms. The summed E-state index contributed by atoms with van der Waals surface area (Å²) in [5, 5.41) is 16.0. The Kier molecular flexibility index (Phi) is 6.36. The fraction of sp³-hybridized carbons (Fsp3) is 0.571. The van der Waals surface area contributed by atoms with Crippen LogP contribution in [-0.2, 0) is 4.43 Å². The van der Waals surface area contributed by atoms with E-state index < -0.39 is 8.32 Å². The van der Waals surface area contributed by atoms with Crippen molar-refractivity contribution in [3.8, 4) is 0 Å². The molecule has 3 rings (SSSR count). The van der Waals surface area contributed by atoms with E-state index in [1.54, 1.807) is 0 Å². The normalized spacial score (nSPS) is 20.6. The Hall–Kier alpha value is -1.51. The summed E-state index contributed by atoms with van der Waals surface area (Å²) in [6, 6.07) is 5.86. The van der Waals surface area contributed by atoms with E-state index in [9.17, 15) is 10.1 Å². The number of benzene rings is 1. The number of aromatic nitrogens is 1. The van der Waals surface area contributed by atoms with Gasteiger partial charge in [0.15, 0.2) is 8.32 Å². The number of hydrogen-bond acceptors (Lipinski definition) is 5. The molecule has 0 saturated heterocycles. The lowest BCUT2D eigenvalue weighted by Gasteiger charge is -2.41. The smallest absolute Gasteiger partial charge is 0.311 e. The first-order chi connectivity index (χ1) is 13.5. The van der Waals surface area contributed by atoms with E-state index in [-0.39, 0.29) is 27.8 Å². The minimum atomic E-state index is -1.78. The quantitative estimate of drug-likeness (QED) is 0.295. The van der Waals surface area contributed by atoms with Gasteiger partial charge in [0.1, 0.15) is 11.9 Å². The van der Waals surface area contributed by atoms with Crippen molar-refractivity contribution in [3.05, 3.63) is 39.0 Å². The Morgan fingerprint density at radius 3 is 2.48 bits per heavy atom. The molecule has 1 aliphatic rings. The molecule has 1 aliphatic carbocycles.